The number of benzene rings is 2. The summed E-state index contributed by atoms with van der Waals surface area (Å²) >= 11 is 8.70. The first-order valence-corrected chi connectivity index (χ1v) is 12.1. The molecule has 2 heterocycles. The molecule has 0 unspecified atom stereocenters. The lowest BCUT2D eigenvalue weighted by Crippen LogP contribution is -2.54. The van der Waals surface area contributed by atoms with Crippen molar-refractivity contribution < 1.29 is 14.0 Å². The van der Waals surface area contributed by atoms with E-state index in [1.54, 1.807) is 18.2 Å². The molecule has 5 nitrogen and oxygen atoms in total. The van der Waals surface area contributed by atoms with Crippen LogP contribution >= 0.6 is 28.1 Å². The lowest BCUT2D eigenvalue weighted by molar-refractivity contribution is -0.122. The summed E-state index contributed by atoms with van der Waals surface area (Å²) in [7, 11) is 0. The van der Waals surface area contributed by atoms with E-state index in [1.165, 1.54) is 17.0 Å². The molecule has 1 fully saturated rings. The SMILES string of the molecule is CCN1c2cc(F)c(/C=C3/C(=O)NC(=S)N(c4ccc(Br)cc4C)C3=O)cc2C(C)=CC1(C)C. The van der Waals surface area contributed by atoms with Gasteiger partial charge in [0.1, 0.15) is 11.4 Å². The van der Waals surface area contributed by atoms with Gasteiger partial charge in [0, 0.05) is 27.8 Å². The summed E-state index contributed by atoms with van der Waals surface area (Å²) in [5, 5.41) is 2.55. The molecule has 0 bridgehead atoms. The Hall–Kier alpha value is -2.84. The van der Waals surface area contributed by atoms with Gasteiger partial charge in [0.15, 0.2) is 5.11 Å². The Morgan fingerprint density at radius 2 is 1.85 bits per heavy atom. The first kappa shape index (κ1) is 24.3. The van der Waals surface area contributed by atoms with Gasteiger partial charge in [-0.1, -0.05) is 22.0 Å². The Labute approximate surface area is 212 Å². The summed E-state index contributed by atoms with van der Waals surface area (Å²) in [4.78, 5) is 29.5. The van der Waals surface area contributed by atoms with E-state index >= 15 is 4.39 Å². The minimum Gasteiger partial charge on any atom is -0.363 e. The lowest BCUT2D eigenvalue weighted by atomic mass is 9.87. The molecule has 1 saturated heterocycles. The number of thiocarbonyl (C=S) groups is 1. The number of allylic oxidation sites excluding steroid dienone is 1. The van der Waals surface area contributed by atoms with E-state index in [4.69, 9.17) is 12.2 Å². The number of halogens is 2. The van der Waals surface area contributed by atoms with Crippen molar-refractivity contribution in [1.29, 1.82) is 0 Å². The van der Waals surface area contributed by atoms with E-state index in [2.05, 4.69) is 46.1 Å². The number of hydrogen-bond donors (Lipinski definition) is 1. The van der Waals surface area contributed by atoms with Gasteiger partial charge in [0.05, 0.1) is 11.2 Å². The summed E-state index contributed by atoms with van der Waals surface area (Å²) in [5.41, 5.74) is 3.75. The maximum Gasteiger partial charge on any atom is 0.270 e. The number of hydrogen-bond acceptors (Lipinski definition) is 4. The van der Waals surface area contributed by atoms with Crippen molar-refractivity contribution in [3.05, 3.63) is 69.0 Å². The first-order chi connectivity index (χ1) is 15.9. The predicted molar refractivity (Wildman–Crippen MR) is 142 cm³/mol. The highest BCUT2D eigenvalue weighted by molar-refractivity contribution is 9.10. The van der Waals surface area contributed by atoms with Gasteiger partial charge in [-0.3, -0.25) is 19.8 Å². The van der Waals surface area contributed by atoms with Crippen LogP contribution < -0.4 is 15.1 Å². The molecule has 0 aromatic heterocycles. The van der Waals surface area contributed by atoms with Crippen LogP contribution in [-0.2, 0) is 9.59 Å². The van der Waals surface area contributed by atoms with Gasteiger partial charge in [-0.2, -0.15) is 0 Å². The van der Waals surface area contributed by atoms with Crippen LogP contribution in [0.25, 0.3) is 11.6 Å². The van der Waals surface area contributed by atoms with Crippen LogP contribution in [0.4, 0.5) is 15.8 Å². The highest BCUT2D eigenvalue weighted by Gasteiger charge is 2.36. The van der Waals surface area contributed by atoms with E-state index in [1.807, 2.05) is 26.8 Å². The maximum atomic E-state index is 15.3. The van der Waals surface area contributed by atoms with Gasteiger partial charge in [-0.25, -0.2) is 4.39 Å². The Morgan fingerprint density at radius 3 is 2.50 bits per heavy atom. The normalized spacial score (nSPS) is 18.7. The number of fused-ring (bicyclic) bond motifs is 1. The molecule has 2 aliphatic heterocycles. The highest BCUT2D eigenvalue weighted by atomic mass is 79.9. The smallest absolute Gasteiger partial charge is 0.270 e. The molecule has 2 aromatic rings. The summed E-state index contributed by atoms with van der Waals surface area (Å²) in [6.07, 6.45) is 3.45. The van der Waals surface area contributed by atoms with E-state index < -0.39 is 17.6 Å². The number of carbonyl (C=O) groups excluding carboxylic acids is 2. The summed E-state index contributed by atoms with van der Waals surface area (Å²) in [6.45, 7) is 10.7. The van der Waals surface area contributed by atoms with Crippen molar-refractivity contribution >= 4 is 68.1 Å². The molecule has 0 radical (unpaired) electrons. The summed E-state index contributed by atoms with van der Waals surface area (Å²) < 4.78 is 16.2. The predicted octanol–water partition coefficient (Wildman–Crippen LogP) is 5.75. The van der Waals surface area contributed by atoms with Gasteiger partial charge in [0.2, 0.25) is 0 Å². The maximum absolute atomic E-state index is 15.3. The van der Waals surface area contributed by atoms with Crippen molar-refractivity contribution in [1.82, 2.24) is 5.32 Å². The van der Waals surface area contributed by atoms with Crippen LogP contribution in [-0.4, -0.2) is 29.0 Å². The molecular formula is C26H25BrFN3O2S. The quantitative estimate of drug-likeness (QED) is 0.305. The molecule has 0 aliphatic carbocycles. The van der Waals surface area contributed by atoms with Crippen LogP contribution in [0.3, 0.4) is 0 Å². The molecule has 0 saturated carbocycles. The number of rotatable bonds is 3. The van der Waals surface area contributed by atoms with E-state index in [-0.39, 0.29) is 21.8 Å². The zero-order valence-electron chi connectivity index (χ0n) is 19.6. The Bertz CT molecular complexity index is 1320. The van der Waals surface area contributed by atoms with E-state index in [0.717, 1.165) is 26.9 Å². The zero-order valence-corrected chi connectivity index (χ0v) is 22.0. The van der Waals surface area contributed by atoms with Gasteiger partial charge >= 0.3 is 0 Å². The second-order valence-electron chi connectivity index (χ2n) is 9.00. The number of nitrogens with zero attached hydrogens (tertiary/aromatic N) is 2. The average molecular weight is 542 g/mol. The molecule has 1 N–H and O–H groups in total. The second kappa shape index (κ2) is 8.74. The Balaban J connectivity index is 1.81. The fourth-order valence-corrected chi connectivity index (χ4v) is 5.45. The Morgan fingerprint density at radius 1 is 1.15 bits per heavy atom. The van der Waals surface area contributed by atoms with E-state index in [9.17, 15) is 9.59 Å². The number of likely N-dealkylation sites (N-methyl/N-ethyl adjacent to an activating group) is 1. The first-order valence-electron chi connectivity index (χ1n) is 10.9. The molecule has 2 aromatic carbocycles. The molecule has 0 atom stereocenters. The van der Waals surface area contributed by atoms with E-state index in [0.29, 0.717) is 12.2 Å². The van der Waals surface area contributed by atoms with Gasteiger partial charge < -0.3 is 4.90 Å². The topological polar surface area (TPSA) is 52.7 Å². The minimum atomic E-state index is -0.651. The monoisotopic (exact) mass is 541 g/mol. The molecule has 2 amide bonds. The number of aryl methyl sites for hydroxylation is 1. The Kier molecular flexibility index (Phi) is 6.25. The average Bonchev–Trinajstić information content (AvgIpc) is 2.72. The van der Waals surface area contributed by atoms with Crippen molar-refractivity contribution in [2.45, 2.75) is 40.2 Å². The van der Waals surface area contributed by atoms with Crippen molar-refractivity contribution in [2.75, 3.05) is 16.3 Å². The molecule has 8 heteroatoms. The molecular weight excluding hydrogens is 517 g/mol. The third-order valence-corrected chi connectivity index (χ3v) is 6.99. The van der Waals surface area contributed by atoms with Crippen molar-refractivity contribution in [3.63, 3.8) is 0 Å². The van der Waals surface area contributed by atoms with Crippen LogP contribution in [0.2, 0.25) is 0 Å². The van der Waals surface area contributed by atoms with Gasteiger partial charge in [-0.05, 0) is 94.4 Å². The van der Waals surface area contributed by atoms with Crippen LogP contribution in [0, 0.1) is 12.7 Å². The number of amides is 2. The third kappa shape index (κ3) is 4.09. The molecule has 4 rings (SSSR count). The lowest BCUT2D eigenvalue weighted by Gasteiger charge is -2.43. The van der Waals surface area contributed by atoms with Crippen LogP contribution in [0.1, 0.15) is 44.4 Å². The molecule has 0 spiro atoms. The van der Waals surface area contributed by atoms with Crippen LogP contribution in [0.15, 0.2) is 46.5 Å². The van der Waals surface area contributed by atoms with Crippen LogP contribution in [0.5, 0.6) is 0 Å². The number of nitrogens with one attached hydrogen (secondary N) is 1. The van der Waals surface area contributed by atoms with Crippen molar-refractivity contribution in [3.8, 4) is 0 Å². The largest absolute Gasteiger partial charge is 0.363 e. The second-order valence-corrected chi connectivity index (χ2v) is 10.3. The highest BCUT2D eigenvalue weighted by Crippen LogP contribution is 2.40. The van der Waals surface area contributed by atoms with Gasteiger partial charge in [-0.15, -0.1) is 0 Å². The zero-order chi connectivity index (χ0) is 24.9. The summed E-state index contributed by atoms with van der Waals surface area (Å²) in [5.74, 6) is -1.75. The fourth-order valence-electron chi connectivity index (χ4n) is 4.70. The minimum absolute atomic E-state index is 0.0110. The molecule has 2 aliphatic rings. The standard InChI is InChI=1S/C26H25BrFN3O2S/c1-6-30-22-12-20(28)16(10-18(22)15(3)13-26(30,4)5)11-19-23(32)29-25(34)31(24(19)33)21-8-7-17(27)9-14(21)2/h7-13H,6H2,1-5H3,(H,29,32,34)/b19-11-. The van der Waals surface area contributed by atoms with Gasteiger partial charge in [0.25, 0.3) is 11.8 Å². The number of carbonyl (C=O) groups is 2. The molecule has 176 valence electrons. The number of anilines is 2. The fraction of sp³-hybridized carbons (Fsp3) is 0.269. The molecule has 34 heavy (non-hydrogen) atoms. The third-order valence-electron chi connectivity index (χ3n) is 6.21. The summed E-state index contributed by atoms with van der Waals surface area (Å²) in [6, 6.07) is 8.56. The van der Waals surface area contributed by atoms with Crippen molar-refractivity contribution in [2.24, 2.45) is 0 Å².